The number of nitrogens with one attached hydrogen (secondary N) is 1. The van der Waals surface area contributed by atoms with Gasteiger partial charge in [0.2, 0.25) is 0 Å². The summed E-state index contributed by atoms with van der Waals surface area (Å²) in [4.78, 5) is 23.4. The molecule has 0 saturated heterocycles. The molecule has 0 aromatic heterocycles. The van der Waals surface area contributed by atoms with Crippen LogP contribution in [0.4, 0.5) is 0 Å². The number of carboxylic acids is 1. The molecule has 0 heterocycles. The van der Waals surface area contributed by atoms with Gasteiger partial charge in [-0.3, -0.25) is 4.79 Å². The largest absolute Gasteiger partial charge is 0.480 e. The van der Waals surface area contributed by atoms with Crippen LogP contribution in [0, 0.1) is 11.3 Å². The summed E-state index contributed by atoms with van der Waals surface area (Å²) in [5.41, 5.74) is 1.38. The first kappa shape index (κ1) is 15.3. The van der Waals surface area contributed by atoms with E-state index in [9.17, 15) is 14.7 Å². The lowest BCUT2D eigenvalue weighted by Crippen LogP contribution is -2.42. The lowest BCUT2D eigenvalue weighted by molar-refractivity contribution is -0.139. The molecule has 0 fully saturated rings. The van der Waals surface area contributed by atoms with Gasteiger partial charge in [0.05, 0.1) is 11.6 Å². The summed E-state index contributed by atoms with van der Waals surface area (Å²) in [6.45, 7) is 0. The van der Waals surface area contributed by atoms with Crippen molar-refractivity contribution in [3.8, 4) is 6.07 Å². The van der Waals surface area contributed by atoms with Crippen LogP contribution < -0.4 is 5.32 Å². The smallest absolute Gasteiger partial charge is 0.326 e. The number of benzene rings is 2. The van der Waals surface area contributed by atoms with Crippen molar-refractivity contribution in [3.05, 3.63) is 71.3 Å². The minimum atomic E-state index is -1.14. The van der Waals surface area contributed by atoms with Crippen molar-refractivity contribution in [2.24, 2.45) is 0 Å². The zero-order valence-corrected chi connectivity index (χ0v) is 11.7. The number of rotatable bonds is 5. The molecule has 0 aliphatic rings. The molecule has 2 aromatic carbocycles. The van der Waals surface area contributed by atoms with E-state index in [-0.39, 0.29) is 6.42 Å². The summed E-state index contributed by atoms with van der Waals surface area (Å²) in [5, 5.41) is 20.8. The second kappa shape index (κ2) is 7.04. The van der Waals surface area contributed by atoms with Crippen LogP contribution in [0.5, 0.6) is 0 Å². The van der Waals surface area contributed by atoms with E-state index in [4.69, 9.17) is 5.26 Å². The number of carbonyl (C=O) groups excluding carboxylic acids is 1. The predicted molar refractivity (Wildman–Crippen MR) is 80.2 cm³/mol. The van der Waals surface area contributed by atoms with Gasteiger partial charge in [-0.25, -0.2) is 4.79 Å². The number of nitrogens with zero attached hydrogens (tertiary/aromatic N) is 1. The maximum Gasteiger partial charge on any atom is 0.326 e. The van der Waals surface area contributed by atoms with E-state index in [1.54, 1.807) is 54.6 Å². The second-order valence-electron chi connectivity index (χ2n) is 4.70. The van der Waals surface area contributed by atoms with Gasteiger partial charge < -0.3 is 10.4 Å². The van der Waals surface area contributed by atoms with Crippen molar-refractivity contribution in [1.82, 2.24) is 5.32 Å². The fraction of sp³-hybridized carbons (Fsp3) is 0.118. The summed E-state index contributed by atoms with van der Waals surface area (Å²) in [5.74, 6) is -1.60. The summed E-state index contributed by atoms with van der Waals surface area (Å²) in [7, 11) is 0. The molecule has 2 aromatic rings. The van der Waals surface area contributed by atoms with Crippen molar-refractivity contribution in [3.63, 3.8) is 0 Å². The Hall–Kier alpha value is -3.13. The minimum Gasteiger partial charge on any atom is -0.480 e. The van der Waals surface area contributed by atoms with Gasteiger partial charge in [-0.05, 0) is 23.8 Å². The summed E-state index contributed by atoms with van der Waals surface area (Å²) >= 11 is 0. The molecule has 2 N–H and O–H groups in total. The number of amides is 1. The Morgan fingerprint density at radius 2 is 1.73 bits per heavy atom. The molecule has 1 atom stereocenters. The number of nitriles is 1. The minimum absolute atomic E-state index is 0.0532. The van der Waals surface area contributed by atoms with E-state index in [2.05, 4.69) is 5.32 Å². The zero-order valence-electron chi connectivity index (χ0n) is 11.7. The highest BCUT2D eigenvalue weighted by atomic mass is 16.4. The lowest BCUT2D eigenvalue weighted by atomic mass is 10.0. The molecule has 0 aliphatic carbocycles. The van der Waals surface area contributed by atoms with Crippen LogP contribution in [-0.2, 0) is 11.2 Å². The van der Waals surface area contributed by atoms with Gasteiger partial charge in [0.1, 0.15) is 6.04 Å². The van der Waals surface area contributed by atoms with E-state index in [0.717, 1.165) is 0 Å². The van der Waals surface area contributed by atoms with Gasteiger partial charge in [0.15, 0.2) is 0 Å². The van der Waals surface area contributed by atoms with E-state index in [0.29, 0.717) is 16.7 Å². The highest BCUT2D eigenvalue weighted by molar-refractivity contribution is 5.96. The lowest BCUT2D eigenvalue weighted by Gasteiger charge is -2.15. The molecule has 1 amide bonds. The van der Waals surface area contributed by atoms with Gasteiger partial charge in [-0.15, -0.1) is 0 Å². The first-order chi connectivity index (χ1) is 10.6. The molecular weight excluding hydrogens is 280 g/mol. The third-order valence-corrected chi connectivity index (χ3v) is 3.20. The number of carboxylic acid groups (broad SMARTS) is 1. The third-order valence-electron chi connectivity index (χ3n) is 3.20. The van der Waals surface area contributed by atoms with Gasteiger partial charge in [-0.1, -0.05) is 36.4 Å². The van der Waals surface area contributed by atoms with E-state index >= 15 is 0 Å². The SMILES string of the molecule is N#Cc1ccccc1C[C@H](NC(=O)c1ccccc1)C(=O)O. The molecule has 0 unspecified atom stereocenters. The Morgan fingerprint density at radius 1 is 1.09 bits per heavy atom. The topological polar surface area (TPSA) is 90.2 Å². The van der Waals surface area contributed by atoms with Crippen molar-refractivity contribution in [2.45, 2.75) is 12.5 Å². The van der Waals surface area contributed by atoms with Crippen LogP contribution in [-0.4, -0.2) is 23.0 Å². The van der Waals surface area contributed by atoms with Gasteiger partial charge in [0, 0.05) is 12.0 Å². The second-order valence-corrected chi connectivity index (χ2v) is 4.70. The van der Waals surface area contributed by atoms with Crippen molar-refractivity contribution >= 4 is 11.9 Å². The molecule has 0 radical (unpaired) electrons. The van der Waals surface area contributed by atoms with Crippen molar-refractivity contribution in [1.29, 1.82) is 5.26 Å². The van der Waals surface area contributed by atoms with Crippen LogP contribution in [0.3, 0.4) is 0 Å². The summed E-state index contributed by atoms with van der Waals surface area (Å²) < 4.78 is 0. The highest BCUT2D eigenvalue weighted by Gasteiger charge is 2.22. The number of carbonyl (C=O) groups is 2. The normalized spacial score (nSPS) is 11.2. The predicted octanol–water partition coefficient (Wildman–Crippen LogP) is 1.98. The molecule has 2 rings (SSSR count). The first-order valence-electron chi connectivity index (χ1n) is 6.68. The molecule has 110 valence electrons. The standard InChI is InChI=1S/C17H14N2O3/c18-11-14-9-5-4-8-13(14)10-15(17(21)22)19-16(20)12-6-2-1-3-7-12/h1-9,15H,10H2,(H,19,20)(H,21,22)/t15-/m0/s1. The molecule has 5 nitrogen and oxygen atoms in total. The highest BCUT2D eigenvalue weighted by Crippen LogP contribution is 2.11. The Bertz CT molecular complexity index is 720. The third kappa shape index (κ3) is 3.70. The molecule has 0 bridgehead atoms. The Kier molecular flexibility index (Phi) is 4.89. The van der Waals surface area contributed by atoms with Crippen LogP contribution >= 0.6 is 0 Å². The first-order valence-corrected chi connectivity index (χ1v) is 6.68. The van der Waals surface area contributed by atoms with Crippen LogP contribution in [0.2, 0.25) is 0 Å². The average molecular weight is 294 g/mol. The van der Waals surface area contributed by atoms with Gasteiger partial charge in [-0.2, -0.15) is 5.26 Å². The monoisotopic (exact) mass is 294 g/mol. The van der Waals surface area contributed by atoms with Crippen LogP contribution in [0.25, 0.3) is 0 Å². The molecule has 22 heavy (non-hydrogen) atoms. The van der Waals surface area contributed by atoms with E-state index in [1.807, 2.05) is 6.07 Å². The number of aliphatic carboxylic acids is 1. The molecular formula is C17H14N2O3. The van der Waals surface area contributed by atoms with Crippen molar-refractivity contribution in [2.75, 3.05) is 0 Å². The van der Waals surface area contributed by atoms with Gasteiger partial charge in [0.25, 0.3) is 5.91 Å². The number of hydrogen-bond acceptors (Lipinski definition) is 3. The maximum atomic E-state index is 12.1. The fourth-order valence-electron chi connectivity index (χ4n) is 2.06. The Balaban J connectivity index is 2.16. The zero-order chi connectivity index (χ0) is 15.9. The average Bonchev–Trinajstić information content (AvgIpc) is 2.55. The van der Waals surface area contributed by atoms with Crippen LogP contribution in [0.1, 0.15) is 21.5 Å². The summed E-state index contributed by atoms with van der Waals surface area (Å²) in [6.07, 6.45) is 0.0532. The molecule has 0 saturated carbocycles. The van der Waals surface area contributed by atoms with E-state index in [1.165, 1.54) is 0 Å². The Labute approximate surface area is 127 Å². The molecule has 5 heteroatoms. The van der Waals surface area contributed by atoms with Gasteiger partial charge >= 0.3 is 5.97 Å². The quantitative estimate of drug-likeness (QED) is 0.882. The van der Waals surface area contributed by atoms with Crippen molar-refractivity contribution < 1.29 is 14.7 Å². The molecule has 0 spiro atoms. The fourth-order valence-corrected chi connectivity index (χ4v) is 2.06. The number of hydrogen-bond donors (Lipinski definition) is 2. The summed E-state index contributed by atoms with van der Waals surface area (Å²) in [6, 6.07) is 16.1. The Morgan fingerprint density at radius 3 is 2.36 bits per heavy atom. The van der Waals surface area contributed by atoms with E-state index < -0.39 is 17.9 Å². The van der Waals surface area contributed by atoms with Crippen LogP contribution in [0.15, 0.2) is 54.6 Å². The molecule has 0 aliphatic heterocycles. The maximum absolute atomic E-state index is 12.1.